The number of carbonyl (C=O) groups excluding carboxylic acids is 1. The van der Waals surface area contributed by atoms with E-state index in [0.717, 1.165) is 49.2 Å². The molecule has 2 aromatic rings. The second kappa shape index (κ2) is 9.60. The molecule has 1 aromatic carbocycles. The molecular formula is C25H34N6O4S. The van der Waals surface area contributed by atoms with Gasteiger partial charge in [0.05, 0.1) is 16.9 Å². The lowest BCUT2D eigenvalue weighted by Crippen LogP contribution is -2.59. The number of rotatable bonds is 6. The molecule has 2 unspecified atom stereocenters. The number of nitrogens with one attached hydrogen (secondary N) is 3. The summed E-state index contributed by atoms with van der Waals surface area (Å²) in [6.45, 7) is 1.13. The average molecular weight is 515 g/mol. The maximum absolute atomic E-state index is 12.1. The second-order valence-electron chi connectivity index (χ2n) is 10.6. The quantitative estimate of drug-likeness (QED) is 0.393. The Morgan fingerprint density at radius 3 is 2.75 bits per heavy atom. The van der Waals surface area contributed by atoms with E-state index in [9.17, 15) is 9.90 Å². The van der Waals surface area contributed by atoms with E-state index in [-0.39, 0.29) is 31.2 Å². The van der Waals surface area contributed by atoms with Crippen LogP contribution < -0.4 is 26.4 Å². The highest BCUT2D eigenvalue weighted by molar-refractivity contribution is 7.59. The Labute approximate surface area is 217 Å². The number of carbonyl (C=O) groups is 1. The molecule has 11 heteroatoms. The number of primary amides is 1. The van der Waals surface area contributed by atoms with E-state index in [1.807, 2.05) is 18.2 Å². The minimum atomic E-state index is -0.569. The van der Waals surface area contributed by atoms with Crippen molar-refractivity contribution in [2.24, 2.45) is 23.5 Å². The van der Waals surface area contributed by atoms with Gasteiger partial charge in [-0.25, -0.2) is 4.98 Å². The maximum Gasteiger partial charge on any atom is 0.254 e. The Hall–Kier alpha value is -2.76. The number of amides is 1. The molecule has 1 amide bonds. The predicted molar refractivity (Wildman–Crippen MR) is 141 cm³/mol. The first kappa shape index (κ1) is 24.9. The van der Waals surface area contributed by atoms with Crippen LogP contribution in [0, 0.1) is 17.8 Å². The van der Waals surface area contributed by atoms with Crippen LogP contribution in [0.15, 0.2) is 24.4 Å². The number of benzene rings is 1. The number of nitrogens with two attached hydrogens (primary N) is 1. The molecule has 5 aliphatic rings. The van der Waals surface area contributed by atoms with Gasteiger partial charge in [0.25, 0.3) is 5.91 Å². The molecule has 10 nitrogen and oxygen atoms in total. The fraction of sp³-hybridized carbons (Fsp3) is 0.560. The molecule has 3 atom stereocenters. The summed E-state index contributed by atoms with van der Waals surface area (Å²) in [6.07, 6.45) is 6.18. The summed E-state index contributed by atoms with van der Waals surface area (Å²) in [5.74, 6) is 2.32. The topological polar surface area (TPSA) is 144 Å². The van der Waals surface area contributed by atoms with Crippen molar-refractivity contribution in [3.05, 3.63) is 30.0 Å². The van der Waals surface area contributed by atoms with Crippen LogP contribution in [0.4, 0.5) is 23.1 Å². The lowest BCUT2D eigenvalue weighted by molar-refractivity contribution is -0.129. The fourth-order valence-electron chi connectivity index (χ4n) is 6.72. The van der Waals surface area contributed by atoms with Crippen LogP contribution in [0.5, 0.6) is 5.75 Å². The number of fused-ring (bicyclic) bond motifs is 1. The molecule has 6 N–H and O–H groups in total. The Bertz CT molecular complexity index is 1130. The van der Waals surface area contributed by atoms with Crippen molar-refractivity contribution in [2.45, 2.75) is 49.9 Å². The van der Waals surface area contributed by atoms with Gasteiger partial charge in [-0.05, 0) is 68.1 Å². The molecule has 194 valence electrons. The number of aromatic nitrogens is 2. The van der Waals surface area contributed by atoms with Crippen LogP contribution in [0.2, 0.25) is 0 Å². The van der Waals surface area contributed by atoms with Gasteiger partial charge in [-0.3, -0.25) is 4.79 Å². The molecule has 0 saturated heterocycles. The van der Waals surface area contributed by atoms with E-state index in [4.69, 9.17) is 15.2 Å². The van der Waals surface area contributed by atoms with Gasteiger partial charge in [0, 0.05) is 31.6 Å². The SMILES string of the molecule is CO[C@H]1CNc2cc(Nc3ncc(C(N)=O)c(NC4C5CC6CC4CC(O)(C6)C5)n3)ccc2OC1.S. The lowest BCUT2D eigenvalue weighted by atomic mass is 9.52. The van der Waals surface area contributed by atoms with Gasteiger partial charge in [-0.1, -0.05) is 0 Å². The van der Waals surface area contributed by atoms with E-state index >= 15 is 0 Å². The highest BCUT2D eigenvalue weighted by atomic mass is 32.1. The molecule has 0 spiro atoms. The molecule has 4 saturated carbocycles. The van der Waals surface area contributed by atoms with Gasteiger partial charge < -0.3 is 36.3 Å². The second-order valence-corrected chi connectivity index (χ2v) is 10.6. The molecule has 4 aliphatic carbocycles. The third-order valence-electron chi connectivity index (χ3n) is 8.11. The van der Waals surface area contributed by atoms with Gasteiger partial charge in [-0.15, -0.1) is 0 Å². The van der Waals surface area contributed by atoms with Crippen molar-refractivity contribution in [3.8, 4) is 5.75 Å². The van der Waals surface area contributed by atoms with E-state index < -0.39 is 11.5 Å². The Morgan fingerprint density at radius 2 is 2.06 bits per heavy atom. The van der Waals surface area contributed by atoms with Crippen LogP contribution in [0.3, 0.4) is 0 Å². The highest BCUT2D eigenvalue weighted by Crippen LogP contribution is 2.56. The van der Waals surface area contributed by atoms with Crippen molar-refractivity contribution < 1.29 is 19.4 Å². The number of nitrogens with zero attached hydrogens (tertiary/aromatic N) is 2. The third kappa shape index (κ3) is 4.67. The number of methoxy groups -OCH3 is 1. The normalized spacial score (nSPS) is 31.8. The monoisotopic (exact) mass is 514 g/mol. The van der Waals surface area contributed by atoms with Gasteiger partial charge in [-0.2, -0.15) is 18.5 Å². The fourth-order valence-corrected chi connectivity index (χ4v) is 6.72. The molecular weight excluding hydrogens is 480 g/mol. The molecule has 7 rings (SSSR count). The summed E-state index contributed by atoms with van der Waals surface area (Å²) in [7, 11) is 1.67. The van der Waals surface area contributed by atoms with Crippen LogP contribution in [-0.2, 0) is 4.74 Å². The van der Waals surface area contributed by atoms with Crippen LogP contribution >= 0.6 is 13.5 Å². The highest BCUT2D eigenvalue weighted by Gasteiger charge is 2.54. The summed E-state index contributed by atoms with van der Waals surface area (Å²) < 4.78 is 11.2. The smallest absolute Gasteiger partial charge is 0.254 e. The Kier molecular flexibility index (Phi) is 6.65. The zero-order valence-corrected chi connectivity index (χ0v) is 21.3. The van der Waals surface area contributed by atoms with Crippen LogP contribution in [-0.4, -0.2) is 59.0 Å². The van der Waals surface area contributed by atoms with Gasteiger partial charge in [0.1, 0.15) is 24.3 Å². The molecule has 1 aromatic heterocycles. The summed E-state index contributed by atoms with van der Waals surface area (Å²) in [5, 5.41) is 21.0. The number of hydrogen-bond acceptors (Lipinski definition) is 9. The van der Waals surface area contributed by atoms with E-state index in [1.54, 1.807) is 7.11 Å². The summed E-state index contributed by atoms with van der Waals surface area (Å²) in [6, 6.07) is 5.88. The van der Waals surface area contributed by atoms with Crippen molar-refractivity contribution in [2.75, 3.05) is 36.2 Å². The first-order valence-corrected chi connectivity index (χ1v) is 12.4. The van der Waals surface area contributed by atoms with Crippen molar-refractivity contribution in [3.63, 3.8) is 0 Å². The van der Waals surface area contributed by atoms with Gasteiger partial charge in [0.15, 0.2) is 0 Å². The number of aliphatic hydroxyl groups is 1. The van der Waals surface area contributed by atoms with Crippen molar-refractivity contribution in [1.82, 2.24) is 9.97 Å². The molecule has 0 radical (unpaired) electrons. The van der Waals surface area contributed by atoms with Crippen LogP contribution in [0.1, 0.15) is 42.5 Å². The van der Waals surface area contributed by atoms with Crippen LogP contribution in [0.25, 0.3) is 0 Å². The third-order valence-corrected chi connectivity index (χ3v) is 8.11. The largest absolute Gasteiger partial charge is 0.489 e. The molecule has 4 bridgehead atoms. The standard InChI is InChI=1S/C25H32N6O4.H2S/c1-34-17-10-27-19-6-16(2-3-20(19)35-12-17)29-24-28-11-18(22(26)32)23(31-24)30-21-14-4-13-5-15(21)9-25(33,7-13)8-14;/h2-3,6,11,13-15,17,21,27,33H,4-5,7-10,12H2,1H3,(H2,26,32)(H2,28,29,30,31);1H2/t13?,14?,15?,17-,21?,25?;/m0./s1. The molecule has 36 heavy (non-hydrogen) atoms. The zero-order valence-electron chi connectivity index (χ0n) is 20.3. The molecule has 4 fully saturated rings. The van der Waals surface area contributed by atoms with Crippen molar-refractivity contribution in [1.29, 1.82) is 0 Å². The van der Waals surface area contributed by atoms with E-state index in [0.29, 0.717) is 42.7 Å². The van der Waals surface area contributed by atoms with E-state index in [2.05, 4.69) is 25.9 Å². The summed E-state index contributed by atoms with van der Waals surface area (Å²) in [4.78, 5) is 21.1. The molecule has 2 heterocycles. The molecule has 1 aliphatic heterocycles. The maximum atomic E-state index is 12.1. The Balaban J connectivity index is 0.00000267. The summed E-state index contributed by atoms with van der Waals surface area (Å²) in [5.41, 5.74) is 7.04. The predicted octanol–water partition coefficient (Wildman–Crippen LogP) is 2.60. The minimum absolute atomic E-state index is 0. The zero-order chi connectivity index (χ0) is 24.2. The van der Waals surface area contributed by atoms with Crippen molar-refractivity contribution >= 4 is 42.5 Å². The number of anilines is 4. The van der Waals surface area contributed by atoms with Gasteiger partial charge in [0.2, 0.25) is 5.95 Å². The average Bonchev–Trinajstić information content (AvgIpc) is 3.02. The van der Waals surface area contributed by atoms with Gasteiger partial charge >= 0.3 is 0 Å². The summed E-state index contributed by atoms with van der Waals surface area (Å²) >= 11 is 0. The minimum Gasteiger partial charge on any atom is -0.489 e. The first-order valence-electron chi connectivity index (χ1n) is 12.4. The van der Waals surface area contributed by atoms with E-state index in [1.165, 1.54) is 6.20 Å². The lowest BCUT2D eigenvalue weighted by Gasteiger charge is -2.58. The Morgan fingerprint density at radius 1 is 1.28 bits per heavy atom. The number of hydrogen-bond donors (Lipinski definition) is 5. The number of ether oxygens (including phenoxy) is 2. The first-order chi connectivity index (χ1) is 16.9.